The van der Waals surface area contributed by atoms with Crippen molar-refractivity contribution >= 4 is 18.8 Å². The quantitative estimate of drug-likeness (QED) is 0.436. The fourth-order valence-corrected chi connectivity index (χ4v) is 3.23. The van der Waals surface area contributed by atoms with Crippen LogP contribution in [0.1, 0.15) is 25.7 Å². The van der Waals surface area contributed by atoms with E-state index < -0.39 is 18.9 Å². The topological polar surface area (TPSA) is 66.8 Å². The molecule has 18 heavy (non-hydrogen) atoms. The molecule has 100 valence electrons. The summed E-state index contributed by atoms with van der Waals surface area (Å²) in [5.41, 5.74) is -0.343. The van der Waals surface area contributed by atoms with Crippen molar-refractivity contribution in [3.63, 3.8) is 0 Å². The van der Waals surface area contributed by atoms with E-state index in [0.717, 1.165) is 32.4 Å². The van der Waals surface area contributed by atoms with Crippen molar-refractivity contribution in [2.45, 2.75) is 32.5 Å². The van der Waals surface area contributed by atoms with Crippen LogP contribution in [0.4, 0.5) is 0 Å². The minimum Gasteiger partial charge on any atom is -0.468 e. The molecule has 0 amide bonds. The number of ketones is 1. The zero-order chi connectivity index (χ0) is 13.3. The summed E-state index contributed by atoms with van der Waals surface area (Å²) in [7, 11) is 0.867. The lowest BCUT2D eigenvalue weighted by molar-refractivity contribution is -0.150. The minimum absolute atomic E-state index is 0.0552. The Morgan fingerprint density at radius 3 is 2.56 bits per heavy atom. The summed E-state index contributed by atoms with van der Waals surface area (Å²) in [5.74, 6) is -0.900. The van der Waals surface area contributed by atoms with Gasteiger partial charge in [0.05, 0.1) is 7.11 Å². The zero-order valence-corrected chi connectivity index (χ0v) is 11.0. The van der Waals surface area contributed by atoms with Gasteiger partial charge in [-0.05, 0) is 45.6 Å². The molecule has 0 radical (unpaired) electrons. The summed E-state index contributed by atoms with van der Waals surface area (Å²) in [6, 6.07) is 0. The number of nitrogens with zero attached hydrogens (tertiary/aromatic N) is 1. The maximum Gasteiger partial charge on any atom is 0.376 e. The molecule has 0 aromatic heterocycles. The highest BCUT2D eigenvalue weighted by atomic mass is 16.5. The first-order valence-corrected chi connectivity index (χ1v) is 6.54. The predicted molar refractivity (Wildman–Crippen MR) is 66.8 cm³/mol. The summed E-state index contributed by atoms with van der Waals surface area (Å²) < 4.78 is 4.69. The number of carbonyl (C=O) groups excluding carboxylic acids is 2. The average molecular weight is 253 g/mol. The first kappa shape index (κ1) is 13.6. The van der Waals surface area contributed by atoms with Gasteiger partial charge >= 0.3 is 13.0 Å². The molecular weight excluding hydrogens is 233 g/mol. The molecule has 1 unspecified atom stereocenters. The van der Waals surface area contributed by atoms with E-state index in [4.69, 9.17) is 0 Å². The highest BCUT2D eigenvalue weighted by Gasteiger charge is 2.51. The Hall–Kier alpha value is -0.875. The van der Waals surface area contributed by atoms with E-state index in [-0.39, 0.29) is 11.2 Å². The van der Waals surface area contributed by atoms with Crippen LogP contribution in [0.15, 0.2) is 0 Å². The lowest BCUT2D eigenvalue weighted by Gasteiger charge is -2.38. The zero-order valence-electron chi connectivity index (χ0n) is 11.0. The number of rotatable bonds is 2. The number of esters is 1. The third-order valence-corrected chi connectivity index (χ3v) is 4.52. The Morgan fingerprint density at radius 2 is 2.06 bits per heavy atom. The van der Waals surface area contributed by atoms with Crippen LogP contribution in [0.5, 0.6) is 0 Å². The van der Waals surface area contributed by atoms with Crippen molar-refractivity contribution in [2.75, 3.05) is 20.2 Å². The Balaban J connectivity index is 2.03. The molecule has 1 aliphatic carbocycles. The van der Waals surface area contributed by atoms with E-state index in [0.29, 0.717) is 6.42 Å². The van der Waals surface area contributed by atoms with Gasteiger partial charge in [-0.3, -0.25) is 9.59 Å². The maximum atomic E-state index is 12.4. The SMILES string of the molecule is COC(=O)C1CCC2(CCN(B(C)O)CC2)C1=O. The standard InChI is InChI=1S/C12H20BNO4/c1-13(17)14-7-5-12(6-8-14)4-3-9(10(12)15)11(16)18-2/h9,17H,3-8H2,1-2H3. The van der Waals surface area contributed by atoms with Gasteiger partial charge < -0.3 is 14.6 Å². The molecular formula is C12H20BNO4. The molecule has 0 aromatic carbocycles. The number of hydrogen-bond donors (Lipinski definition) is 1. The molecule has 1 spiro atoms. The molecule has 2 rings (SSSR count). The van der Waals surface area contributed by atoms with E-state index in [9.17, 15) is 14.6 Å². The van der Waals surface area contributed by atoms with Crippen LogP contribution in [0.2, 0.25) is 6.82 Å². The largest absolute Gasteiger partial charge is 0.468 e. The molecule has 1 atom stereocenters. The third kappa shape index (κ3) is 2.19. The van der Waals surface area contributed by atoms with Gasteiger partial charge in [0.15, 0.2) is 5.78 Å². The molecule has 5 nitrogen and oxygen atoms in total. The van der Waals surface area contributed by atoms with E-state index in [1.165, 1.54) is 7.11 Å². The Kier molecular flexibility index (Phi) is 3.78. The number of Topliss-reactive ketones (excluding diaryl/α,β-unsaturated/α-hetero) is 1. The van der Waals surface area contributed by atoms with E-state index >= 15 is 0 Å². The van der Waals surface area contributed by atoms with Crippen LogP contribution in [0.25, 0.3) is 0 Å². The highest BCUT2D eigenvalue weighted by molar-refractivity contribution is 6.45. The molecule has 1 saturated heterocycles. The molecule has 2 fully saturated rings. The fraction of sp³-hybridized carbons (Fsp3) is 0.833. The van der Waals surface area contributed by atoms with Crippen molar-refractivity contribution in [3.8, 4) is 0 Å². The second kappa shape index (κ2) is 5.01. The van der Waals surface area contributed by atoms with Crippen LogP contribution in [-0.4, -0.2) is 48.8 Å². The van der Waals surface area contributed by atoms with Gasteiger partial charge in [0.1, 0.15) is 5.92 Å². The Labute approximate surface area is 108 Å². The predicted octanol–water partition coefficient (Wildman–Crippen LogP) is 0.331. The lowest BCUT2D eigenvalue weighted by atomic mass is 9.72. The van der Waals surface area contributed by atoms with Crippen molar-refractivity contribution in [2.24, 2.45) is 11.3 Å². The third-order valence-electron chi connectivity index (χ3n) is 4.52. The summed E-state index contributed by atoms with van der Waals surface area (Å²) in [6.45, 7) is 3.18. The highest BCUT2D eigenvalue weighted by Crippen LogP contribution is 2.46. The van der Waals surface area contributed by atoms with Crippen LogP contribution < -0.4 is 0 Å². The molecule has 6 heteroatoms. The summed E-state index contributed by atoms with van der Waals surface area (Å²) in [4.78, 5) is 25.9. The Bertz CT molecular complexity index is 350. The molecule has 1 heterocycles. The van der Waals surface area contributed by atoms with Crippen LogP contribution >= 0.6 is 0 Å². The van der Waals surface area contributed by atoms with Crippen molar-refractivity contribution < 1.29 is 19.3 Å². The second-order valence-electron chi connectivity index (χ2n) is 5.43. The van der Waals surface area contributed by atoms with Crippen LogP contribution in [0, 0.1) is 11.3 Å². The average Bonchev–Trinajstić information content (AvgIpc) is 2.67. The number of methoxy groups -OCH3 is 1. The van der Waals surface area contributed by atoms with E-state index in [1.54, 1.807) is 6.82 Å². The smallest absolute Gasteiger partial charge is 0.376 e. The van der Waals surface area contributed by atoms with Crippen LogP contribution in [-0.2, 0) is 14.3 Å². The Morgan fingerprint density at radius 1 is 1.44 bits per heavy atom. The molecule has 0 aromatic rings. The molecule has 0 bridgehead atoms. The van der Waals surface area contributed by atoms with Crippen LogP contribution in [0.3, 0.4) is 0 Å². The normalized spacial score (nSPS) is 27.5. The van der Waals surface area contributed by atoms with Gasteiger partial charge in [-0.2, -0.15) is 0 Å². The van der Waals surface area contributed by atoms with Gasteiger partial charge in [-0.25, -0.2) is 0 Å². The summed E-state index contributed by atoms with van der Waals surface area (Å²) in [6.07, 6.45) is 2.87. The lowest BCUT2D eigenvalue weighted by Crippen LogP contribution is -2.48. The van der Waals surface area contributed by atoms with Gasteiger partial charge in [-0.15, -0.1) is 0 Å². The molecule has 1 saturated carbocycles. The van der Waals surface area contributed by atoms with Gasteiger partial charge in [-0.1, -0.05) is 0 Å². The van der Waals surface area contributed by atoms with Gasteiger partial charge in [0, 0.05) is 5.41 Å². The number of piperidine rings is 1. The first-order chi connectivity index (χ1) is 8.50. The van der Waals surface area contributed by atoms with Crippen molar-refractivity contribution in [1.29, 1.82) is 0 Å². The minimum atomic E-state index is -0.562. The number of carbonyl (C=O) groups is 2. The van der Waals surface area contributed by atoms with Gasteiger partial charge in [0.2, 0.25) is 0 Å². The van der Waals surface area contributed by atoms with Crippen molar-refractivity contribution in [3.05, 3.63) is 0 Å². The second-order valence-corrected chi connectivity index (χ2v) is 5.43. The monoisotopic (exact) mass is 253 g/mol. The fourth-order valence-electron chi connectivity index (χ4n) is 3.23. The summed E-state index contributed by atoms with van der Waals surface area (Å²) in [5, 5.41) is 9.52. The van der Waals surface area contributed by atoms with E-state index in [1.807, 2.05) is 4.81 Å². The maximum absolute atomic E-state index is 12.4. The van der Waals surface area contributed by atoms with E-state index in [2.05, 4.69) is 4.74 Å². The van der Waals surface area contributed by atoms with Gasteiger partial charge in [0.25, 0.3) is 0 Å². The molecule has 1 N–H and O–H groups in total. The van der Waals surface area contributed by atoms with Crippen molar-refractivity contribution in [1.82, 2.24) is 4.81 Å². The number of hydrogen-bond acceptors (Lipinski definition) is 5. The molecule has 2 aliphatic rings. The summed E-state index contributed by atoms with van der Waals surface area (Å²) >= 11 is 0. The first-order valence-electron chi connectivity index (χ1n) is 6.54. The number of ether oxygens (including phenoxy) is 1. The molecule has 1 aliphatic heterocycles.